The lowest BCUT2D eigenvalue weighted by molar-refractivity contribution is -0.137. The maximum absolute atomic E-state index is 12.9. The van der Waals surface area contributed by atoms with Crippen molar-refractivity contribution in [3.63, 3.8) is 0 Å². The van der Waals surface area contributed by atoms with E-state index in [-0.39, 0.29) is 5.56 Å². The Hall–Kier alpha value is -3.58. The highest BCUT2D eigenvalue weighted by atomic mass is 35.5. The van der Waals surface area contributed by atoms with E-state index >= 15 is 0 Å². The first kappa shape index (κ1) is 21.6. The van der Waals surface area contributed by atoms with Crippen LogP contribution >= 0.6 is 11.6 Å². The zero-order valence-corrected chi connectivity index (χ0v) is 17.4. The van der Waals surface area contributed by atoms with Crippen LogP contribution in [0.2, 0.25) is 5.02 Å². The number of rotatable bonds is 5. The van der Waals surface area contributed by atoms with Crippen molar-refractivity contribution in [1.29, 1.82) is 0 Å². The molecule has 0 fully saturated rings. The number of aromatic nitrogens is 1. The van der Waals surface area contributed by atoms with Crippen molar-refractivity contribution in [2.75, 3.05) is 0 Å². The van der Waals surface area contributed by atoms with Gasteiger partial charge in [0.2, 0.25) is 0 Å². The number of para-hydroxylation sites is 1. The van der Waals surface area contributed by atoms with Crippen LogP contribution < -0.4 is 5.43 Å². The topological polar surface area (TPSA) is 46.4 Å². The van der Waals surface area contributed by atoms with Crippen LogP contribution in [0.1, 0.15) is 27.0 Å². The molecule has 0 atom stereocenters. The summed E-state index contributed by atoms with van der Waals surface area (Å²) in [6, 6.07) is 19.5. The Morgan fingerprint density at radius 3 is 2.53 bits per heavy atom. The standard InChI is InChI=1S/C24H17ClF3N3O/c25-20-10-8-16(9-11-20)14-31-15-18(21-6-1-2-7-22(21)31)13-29-30-23(32)17-4-3-5-19(12-17)24(26,27)28/h1-13,15H,14H2,(H,30,32)/b29-13-. The molecule has 0 radical (unpaired) electrons. The van der Waals surface area contributed by atoms with Gasteiger partial charge in [-0.3, -0.25) is 4.79 Å². The number of hydrogen-bond acceptors (Lipinski definition) is 2. The van der Waals surface area contributed by atoms with E-state index in [1.54, 1.807) is 0 Å². The number of amides is 1. The molecule has 32 heavy (non-hydrogen) atoms. The van der Waals surface area contributed by atoms with E-state index in [9.17, 15) is 18.0 Å². The molecule has 1 aromatic heterocycles. The highest BCUT2D eigenvalue weighted by molar-refractivity contribution is 6.30. The third-order valence-electron chi connectivity index (χ3n) is 4.91. The summed E-state index contributed by atoms with van der Waals surface area (Å²) in [6.07, 6.45) is -1.14. The van der Waals surface area contributed by atoms with Gasteiger partial charge in [0, 0.05) is 39.8 Å². The highest BCUT2D eigenvalue weighted by Gasteiger charge is 2.30. The first-order valence-electron chi connectivity index (χ1n) is 9.64. The molecule has 8 heteroatoms. The summed E-state index contributed by atoms with van der Waals surface area (Å²) < 4.78 is 40.6. The number of nitrogens with zero attached hydrogens (tertiary/aromatic N) is 2. The number of fused-ring (bicyclic) bond motifs is 1. The van der Waals surface area contributed by atoms with Crippen LogP contribution in [0.15, 0.2) is 84.1 Å². The van der Waals surface area contributed by atoms with Crippen LogP contribution in [0.5, 0.6) is 0 Å². The second-order valence-electron chi connectivity index (χ2n) is 7.13. The van der Waals surface area contributed by atoms with Crippen molar-refractivity contribution in [3.8, 4) is 0 Å². The number of halogens is 4. The van der Waals surface area contributed by atoms with Gasteiger partial charge in [0.05, 0.1) is 11.8 Å². The molecule has 1 amide bonds. The molecule has 4 rings (SSSR count). The SMILES string of the molecule is O=C(N/N=C\c1cn(Cc2ccc(Cl)cc2)c2ccccc12)c1cccc(C(F)(F)F)c1. The monoisotopic (exact) mass is 455 g/mol. The summed E-state index contributed by atoms with van der Waals surface area (Å²) >= 11 is 5.96. The lowest BCUT2D eigenvalue weighted by atomic mass is 10.1. The summed E-state index contributed by atoms with van der Waals surface area (Å²) in [7, 11) is 0. The minimum absolute atomic E-state index is 0.123. The highest BCUT2D eigenvalue weighted by Crippen LogP contribution is 2.29. The summed E-state index contributed by atoms with van der Waals surface area (Å²) in [5, 5.41) is 5.55. The van der Waals surface area contributed by atoms with Gasteiger partial charge < -0.3 is 4.57 Å². The molecule has 1 N–H and O–H groups in total. The largest absolute Gasteiger partial charge is 0.416 e. The van der Waals surface area contributed by atoms with Crippen molar-refractivity contribution in [3.05, 3.63) is 106 Å². The predicted octanol–water partition coefficient (Wildman–Crippen LogP) is 6.13. The molecule has 162 valence electrons. The van der Waals surface area contributed by atoms with E-state index in [0.717, 1.165) is 34.2 Å². The molecule has 4 nitrogen and oxygen atoms in total. The maximum Gasteiger partial charge on any atom is 0.416 e. The fourth-order valence-electron chi connectivity index (χ4n) is 3.36. The Balaban J connectivity index is 1.54. The van der Waals surface area contributed by atoms with Crippen molar-refractivity contribution in [2.24, 2.45) is 5.10 Å². The van der Waals surface area contributed by atoms with E-state index in [2.05, 4.69) is 15.1 Å². The number of carbonyl (C=O) groups excluding carboxylic acids is 1. The van der Waals surface area contributed by atoms with Gasteiger partial charge in [-0.1, -0.05) is 48.0 Å². The zero-order valence-electron chi connectivity index (χ0n) is 16.6. The molecule has 0 saturated heterocycles. The lowest BCUT2D eigenvalue weighted by Gasteiger charge is -2.07. The van der Waals surface area contributed by atoms with Gasteiger partial charge in [-0.2, -0.15) is 18.3 Å². The molecule has 0 aliphatic carbocycles. The van der Waals surface area contributed by atoms with Crippen molar-refractivity contribution in [2.45, 2.75) is 12.7 Å². The number of nitrogens with one attached hydrogen (secondary N) is 1. The second kappa shape index (κ2) is 8.88. The molecule has 0 bridgehead atoms. The number of hydrogen-bond donors (Lipinski definition) is 1. The molecule has 1 heterocycles. The predicted molar refractivity (Wildman–Crippen MR) is 119 cm³/mol. The molecule has 3 aromatic carbocycles. The Morgan fingerprint density at radius 2 is 1.78 bits per heavy atom. The zero-order chi connectivity index (χ0) is 22.7. The average molecular weight is 456 g/mol. The van der Waals surface area contributed by atoms with E-state index < -0.39 is 17.6 Å². The number of benzene rings is 3. The number of carbonyl (C=O) groups is 1. The van der Waals surface area contributed by atoms with E-state index in [4.69, 9.17) is 11.6 Å². The first-order chi connectivity index (χ1) is 15.3. The molecule has 0 saturated carbocycles. The Morgan fingerprint density at radius 1 is 1.03 bits per heavy atom. The molecule has 4 aromatic rings. The third-order valence-corrected chi connectivity index (χ3v) is 5.16. The van der Waals surface area contributed by atoms with Crippen LogP contribution in [0.25, 0.3) is 10.9 Å². The van der Waals surface area contributed by atoms with E-state index in [0.29, 0.717) is 11.6 Å². The number of hydrazone groups is 1. The lowest BCUT2D eigenvalue weighted by Crippen LogP contribution is -2.18. The van der Waals surface area contributed by atoms with E-state index in [1.807, 2.05) is 54.7 Å². The molecule has 0 unspecified atom stereocenters. The Bertz CT molecular complexity index is 1290. The van der Waals surface area contributed by atoms with Crippen molar-refractivity contribution < 1.29 is 18.0 Å². The normalized spacial score (nSPS) is 11.9. The van der Waals surface area contributed by atoms with Crippen molar-refractivity contribution in [1.82, 2.24) is 9.99 Å². The first-order valence-corrected chi connectivity index (χ1v) is 10.0. The molecule has 0 spiro atoms. The number of alkyl halides is 3. The van der Waals surface area contributed by atoms with Crippen LogP contribution in [0.3, 0.4) is 0 Å². The average Bonchev–Trinajstić information content (AvgIpc) is 3.12. The van der Waals surface area contributed by atoms with Crippen LogP contribution in [-0.4, -0.2) is 16.7 Å². The van der Waals surface area contributed by atoms with E-state index in [1.165, 1.54) is 18.3 Å². The molecule has 0 aliphatic rings. The molecular weight excluding hydrogens is 439 g/mol. The maximum atomic E-state index is 12.9. The van der Waals surface area contributed by atoms with Gasteiger partial charge in [0.1, 0.15) is 0 Å². The van der Waals surface area contributed by atoms with Gasteiger partial charge in [-0.15, -0.1) is 0 Å². The quantitative estimate of drug-likeness (QED) is 0.286. The summed E-state index contributed by atoms with van der Waals surface area (Å²) in [4.78, 5) is 12.2. The smallest absolute Gasteiger partial charge is 0.342 e. The van der Waals surface area contributed by atoms with Gasteiger partial charge in [-0.25, -0.2) is 5.43 Å². The summed E-state index contributed by atoms with van der Waals surface area (Å²) in [5.41, 5.74) is 4.09. The minimum Gasteiger partial charge on any atom is -0.342 e. The van der Waals surface area contributed by atoms with Crippen LogP contribution in [0, 0.1) is 0 Å². The van der Waals surface area contributed by atoms with Gasteiger partial charge in [0.15, 0.2) is 0 Å². The van der Waals surface area contributed by atoms with Gasteiger partial charge in [0.25, 0.3) is 5.91 Å². The summed E-state index contributed by atoms with van der Waals surface area (Å²) in [5.74, 6) is -0.725. The fourth-order valence-corrected chi connectivity index (χ4v) is 3.48. The minimum atomic E-state index is -4.52. The Labute approximate surface area is 186 Å². The fraction of sp³-hybridized carbons (Fsp3) is 0.0833. The molecular formula is C24H17ClF3N3O. The summed E-state index contributed by atoms with van der Waals surface area (Å²) in [6.45, 7) is 0.613. The Kier molecular flexibility index (Phi) is 6.01. The van der Waals surface area contributed by atoms with Crippen molar-refractivity contribution >= 4 is 34.6 Å². The third kappa shape index (κ3) is 4.84. The van der Waals surface area contributed by atoms with Crippen LogP contribution in [-0.2, 0) is 12.7 Å². The molecule has 0 aliphatic heterocycles. The van der Waals surface area contributed by atoms with Gasteiger partial charge in [-0.05, 0) is 42.0 Å². The second-order valence-corrected chi connectivity index (χ2v) is 7.57. The van der Waals surface area contributed by atoms with Gasteiger partial charge >= 0.3 is 6.18 Å². The van der Waals surface area contributed by atoms with Crippen LogP contribution in [0.4, 0.5) is 13.2 Å².